The lowest BCUT2D eigenvalue weighted by Gasteiger charge is -2.09. The first-order valence-corrected chi connectivity index (χ1v) is 5.73. The third-order valence-corrected chi connectivity index (χ3v) is 2.37. The Balaban J connectivity index is 2.90. The van der Waals surface area contributed by atoms with Gasteiger partial charge in [-0.25, -0.2) is 0 Å². The lowest BCUT2D eigenvalue weighted by atomic mass is 10.1. The minimum atomic E-state index is -0.0141. The third-order valence-electron chi connectivity index (χ3n) is 2.37. The van der Waals surface area contributed by atoms with Crippen LogP contribution in [0.1, 0.15) is 44.9 Å². The summed E-state index contributed by atoms with van der Waals surface area (Å²) in [5, 5.41) is 14.3. The highest BCUT2D eigenvalue weighted by atomic mass is 16.1. The molecular formula is C11H18N4O. The van der Waals surface area contributed by atoms with Crippen molar-refractivity contribution in [2.75, 3.05) is 5.32 Å². The van der Waals surface area contributed by atoms with Crippen LogP contribution in [0.15, 0.2) is 0 Å². The van der Waals surface area contributed by atoms with Gasteiger partial charge in [0.25, 0.3) is 0 Å². The lowest BCUT2D eigenvalue weighted by Crippen LogP contribution is -2.16. The van der Waals surface area contributed by atoms with E-state index >= 15 is 0 Å². The quantitative estimate of drug-likeness (QED) is 0.823. The number of hydrogen-bond donors (Lipinski definition) is 1. The van der Waals surface area contributed by atoms with Crippen molar-refractivity contribution in [3.8, 4) is 0 Å². The van der Waals surface area contributed by atoms with Crippen LogP contribution in [0, 0.1) is 0 Å². The van der Waals surface area contributed by atoms with Crippen LogP contribution in [0.3, 0.4) is 0 Å². The summed E-state index contributed by atoms with van der Waals surface area (Å²) in [6, 6.07) is 0. The van der Waals surface area contributed by atoms with Crippen LogP contribution in [0.5, 0.6) is 0 Å². The molecule has 0 unspecified atom stereocenters. The van der Waals surface area contributed by atoms with Crippen molar-refractivity contribution in [3.05, 3.63) is 11.3 Å². The number of aryl methyl sites for hydroxylation is 1. The van der Waals surface area contributed by atoms with Gasteiger partial charge in [-0.05, 0) is 24.5 Å². The Labute approximate surface area is 95.7 Å². The molecule has 0 bridgehead atoms. The van der Waals surface area contributed by atoms with Gasteiger partial charge >= 0.3 is 0 Å². The average Bonchev–Trinajstić information content (AvgIpc) is 2.29. The van der Waals surface area contributed by atoms with E-state index in [9.17, 15) is 4.79 Å². The summed E-state index contributed by atoms with van der Waals surface area (Å²) in [7, 11) is 0. The van der Waals surface area contributed by atoms with E-state index in [1.165, 1.54) is 0 Å². The highest BCUT2D eigenvalue weighted by Gasteiger charge is 2.11. The fourth-order valence-electron chi connectivity index (χ4n) is 1.56. The summed E-state index contributed by atoms with van der Waals surface area (Å²) >= 11 is 0. The van der Waals surface area contributed by atoms with E-state index < -0.39 is 0 Å². The monoisotopic (exact) mass is 222 g/mol. The molecule has 0 fully saturated rings. The van der Waals surface area contributed by atoms with Crippen LogP contribution < -0.4 is 5.32 Å². The van der Waals surface area contributed by atoms with Crippen LogP contribution in [-0.4, -0.2) is 21.3 Å². The molecule has 0 aliphatic carbocycles. The molecule has 0 aromatic carbocycles. The first-order valence-electron chi connectivity index (χ1n) is 5.73. The van der Waals surface area contributed by atoms with E-state index in [1.54, 1.807) is 0 Å². The lowest BCUT2D eigenvalue weighted by molar-refractivity contribution is -0.116. The number of carbonyl (C=O) groups is 1. The highest BCUT2D eigenvalue weighted by molar-refractivity contribution is 5.90. The number of nitrogens with one attached hydrogen (secondary N) is 1. The molecule has 5 nitrogen and oxygen atoms in total. The summed E-state index contributed by atoms with van der Waals surface area (Å²) in [5.74, 6) is 0.549. The molecule has 1 rings (SSSR count). The number of rotatable bonds is 5. The highest BCUT2D eigenvalue weighted by Crippen LogP contribution is 2.15. The van der Waals surface area contributed by atoms with E-state index in [-0.39, 0.29) is 5.91 Å². The maximum Gasteiger partial charge on any atom is 0.225 e. The second-order valence-electron chi connectivity index (χ2n) is 3.57. The Morgan fingerprint density at radius 1 is 1.19 bits per heavy atom. The van der Waals surface area contributed by atoms with Gasteiger partial charge in [0.05, 0.1) is 5.69 Å². The van der Waals surface area contributed by atoms with Crippen molar-refractivity contribution in [1.82, 2.24) is 15.4 Å². The first kappa shape index (κ1) is 12.5. The van der Waals surface area contributed by atoms with E-state index in [2.05, 4.69) is 20.7 Å². The molecule has 0 spiro atoms. The van der Waals surface area contributed by atoms with Gasteiger partial charge in [-0.2, -0.15) is 0 Å². The Hall–Kier alpha value is -1.52. The Morgan fingerprint density at radius 3 is 2.50 bits per heavy atom. The molecule has 0 aliphatic heterocycles. The van der Waals surface area contributed by atoms with Gasteiger partial charge in [-0.3, -0.25) is 4.79 Å². The van der Waals surface area contributed by atoms with E-state index in [0.29, 0.717) is 12.2 Å². The van der Waals surface area contributed by atoms with Crippen LogP contribution >= 0.6 is 0 Å². The van der Waals surface area contributed by atoms with Crippen molar-refractivity contribution >= 4 is 11.7 Å². The topological polar surface area (TPSA) is 67.8 Å². The van der Waals surface area contributed by atoms with Gasteiger partial charge in [-0.15, -0.1) is 10.2 Å². The summed E-state index contributed by atoms with van der Waals surface area (Å²) in [5.41, 5.74) is 1.89. The number of aromatic nitrogens is 3. The molecule has 0 saturated carbocycles. The van der Waals surface area contributed by atoms with Crippen LogP contribution in [-0.2, 0) is 17.6 Å². The second kappa shape index (κ2) is 6.15. The molecule has 88 valence electrons. The minimum Gasteiger partial charge on any atom is -0.309 e. The number of carbonyl (C=O) groups excluding carboxylic acids is 1. The van der Waals surface area contributed by atoms with Gasteiger partial charge in [0, 0.05) is 12.0 Å². The molecule has 16 heavy (non-hydrogen) atoms. The maximum absolute atomic E-state index is 11.5. The summed E-state index contributed by atoms with van der Waals surface area (Å²) in [6.45, 7) is 6.00. The van der Waals surface area contributed by atoms with Crippen molar-refractivity contribution in [2.24, 2.45) is 0 Å². The zero-order chi connectivity index (χ0) is 12.0. The first-order chi connectivity index (χ1) is 7.72. The molecule has 1 heterocycles. The molecular weight excluding hydrogens is 204 g/mol. The van der Waals surface area contributed by atoms with Crippen LogP contribution in [0.4, 0.5) is 5.82 Å². The van der Waals surface area contributed by atoms with Crippen LogP contribution in [0.25, 0.3) is 0 Å². The second-order valence-corrected chi connectivity index (χ2v) is 3.57. The minimum absolute atomic E-state index is 0.0141. The van der Waals surface area contributed by atoms with E-state index in [0.717, 1.165) is 30.5 Å². The SMILES string of the molecule is CCCC(=O)Nc1nnnc(CC)c1CC. The van der Waals surface area contributed by atoms with Crippen molar-refractivity contribution in [2.45, 2.75) is 46.5 Å². The smallest absolute Gasteiger partial charge is 0.225 e. The Morgan fingerprint density at radius 2 is 1.94 bits per heavy atom. The standard InChI is InChI=1S/C11H18N4O/c1-4-7-10(16)12-11-8(5-2)9(6-3)13-15-14-11/h4-7H2,1-3H3,(H,12,13,14,16). The third kappa shape index (κ3) is 2.98. The molecule has 0 atom stereocenters. The van der Waals surface area contributed by atoms with E-state index in [4.69, 9.17) is 0 Å². The number of anilines is 1. The van der Waals surface area contributed by atoms with Crippen molar-refractivity contribution in [3.63, 3.8) is 0 Å². The summed E-state index contributed by atoms with van der Waals surface area (Å²) in [4.78, 5) is 11.5. The predicted molar refractivity (Wildman–Crippen MR) is 62.1 cm³/mol. The van der Waals surface area contributed by atoms with Gasteiger partial charge in [-0.1, -0.05) is 20.8 Å². The largest absolute Gasteiger partial charge is 0.309 e. The summed E-state index contributed by atoms with van der Waals surface area (Å²) < 4.78 is 0. The molecule has 0 radical (unpaired) electrons. The Kier molecular flexibility index (Phi) is 4.82. The molecule has 1 N–H and O–H groups in total. The fourth-order valence-corrected chi connectivity index (χ4v) is 1.56. The maximum atomic E-state index is 11.5. The van der Waals surface area contributed by atoms with Gasteiger partial charge < -0.3 is 5.32 Å². The number of nitrogens with zero attached hydrogens (tertiary/aromatic N) is 3. The Bertz CT molecular complexity index is 365. The van der Waals surface area contributed by atoms with Gasteiger partial charge in [0.1, 0.15) is 0 Å². The number of hydrogen-bond acceptors (Lipinski definition) is 4. The van der Waals surface area contributed by atoms with Crippen molar-refractivity contribution < 1.29 is 4.79 Å². The summed E-state index contributed by atoms with van der Waals surface area (Å²) in [6.07, 6.45) is 2.93. The average molecular weight is 222 g/mol. The van der Waals surface area contributed by atoms with E-state index in [1.807, 2.05) is 20.8 Å². The fraction of sp³-hybridized carbons (Fsp3) is 0.636. The molecule has 1 aromatic heterocycles. The molecule has 5 heteroatoms. The zero-order valence-corrected chi connectivity index (χ0v) is 10.1. The predicted octanol–water partition coefficient (Wildman–Crippen LogP) is 1.73. The zero-order valence-electron chi connectivity index (χ0n) is 10.1. The van der Waals surface area contributed by atoms with Crippen molar-refractivity contribution in [1.29, 1.82) is 0 Å². The molecule has 0 aliphatic rings. The molecule has 0 saturated heterocycles. The van der Waals surface area contributed by atoms with Gasteiger partial charge in [0.2, 0.25) is 5.91 Å². The molecule has 1 amide bonds. The van der Waals surface area contributed by atoms with Gasteiger partial charge in [0.15, 0.2) is 5.82 Å². The normalized spacial score (nSPS) is 10.2. The van der Waals surface area contributed by atoms with Crippen LogP contribution in [0.2, 0.25) is 0 Å². The molecule has 1 aromatic rings. The number of amides is 1.